The molecule has 0 spiro atoms. The van der Waals surface area contributed by atoms with Crippen molar-refractivity contribution in [2.45, 2.75) is 19.3 Å². The minimum absolute atomic E-state index is 0.242. The average molecular weight is 349 g/mol. The van der Waals surface area contributed by atoms with Gasteiger partial charge in [0.1, 0.15) is 11.9 Å². The molecule has 0 N–H and O–H groups in total. The number of halogens is 1. The summed E-state index contributed by atoms with van der Waals surface area (Å²) in [7, 11) is 0. The van der Waals surface area contributed by atoms with Crippen LogP contribution in [0.4, 0.5) is 5.82 Å². The Morgan fingerprint density at radius 1 is 1.33 bits per heavy atom. The first kappa shape index (κ1) is 17.0. The second-order valence-corrected chi connectivity index (χ2v) is 6.68. The quantitative estimate of drug-likeness (QED) is 0.836. The van der Waals surface area contributed by atoms with E-state index in [-0.39, 0.29) is 5.91 Å². The van der Waals surface area contributed by atoms with E-state index in [4.69, 9.17) is 21.6 Å². The first-order chi connectivity index (χ1) is 11.7. The van der Waals surface area contributed by atoms with Gasteiger partial charge in [0.25, 0.3) is 0 Å². The average Bonchev–Trinajstić information content (AvgIpc) is 2.63. The third-order valence-electron chi connectivity index (χ3n) is 4.69. The van der Waals surface area contributed by atoms with Crippen LogP contribution in [0, 0.1) is 17.2 Å². The highest BCUT2D eigenvalue weighted by Gasteiger charge is 2.26. The predicted molar refractivity (Wildman–Crippen MR) is 90.9 cm³/mol. The maximum atomic E-state index is 12.3. The molecule has 0 saturated carbocycles. The van der Waals surface area contributed by atoms with Crippen LogP contribution in [0.2, 0.25) is 5.02 Å². The molecule has 3 heterocycles. The van der Waals surface area contributed by atoms with Crippen LogP contribution in [0.1, 0.15) is 24.8 Å². The van der Waals surface area contributed by atoms with E-state index in [2.05, 4.69) is 9.88 Å². The van der Waals surface area contributed by atoms with Gasteiger partial charge in [0, 0.05) is 38.8 Å². The van der Waals surface area contributed by atoms with E-state index in [9.17, 15) is 4.79 Å². The van der Waals surface area contributed by atoms with Crippen LogP contribution in [-0.4, -0.2) is 55.2 Å². The highest BCUT2D eigenvalue weighted by molar-refractivity contribution is 6.33. The number of anilines is 1. The highest BCUT2D eigenvalue weighted by Crippen LogP contribution is 2.29. The number of morpholine rings is 1. The zero-order valence-electron chi connectivity index (χ0n) is 13.6. The lowest BCUT2D eigenvalue weighted by Gasteiger charge is -2.34. The second kappa shape index (κ2) is 7.82. The van der Waals surface area contributed by atoms with Gasteiger partial charge in [-0.3, -0.25) is 4.79 Å². The van der Waals surface area contributed by atoms with Gasteiger partial charge in [0.05, 0.1) is 23.8 Å². The molecule has 2 saturated heterocycles. The molecule has 128 valence electrons. The molecule has 3 rings (SSSR count). The molecular formula is C17H21ClN4O2. The summed E-state index contributed by atoms with van der Waals surface area (Å²) in [6, 6.07) is 3.69. The number of pyridine rings is 1. The summed E-state index contributed by atoms with van der Waals surface area (Å²) in [5.41, 5.74) is 0.467. The molecule has 1 aromatic heterocycles. The Morgan fingerprint density at radius 3 is 2.67 bits per heavy atom. The number of ether oxygens (including phenoxy) is 1. The van der Waals surface area contributed by atoms with Crippen LogP contribution in [0.15, 0.2) is 12.3 Å². The summed E-state index contributed by atoms with van der Waals surface area (Å²) in [5, 5.41) is 9.39. The number of amides is 1. The van der Waals surface area contributed by atoms with Gasteiger partial charge in [-0.2, -0.15) is 5.26 Å². The molecule has 7 heteroatoms. The number of rotatable bonds is 3. The Labute approximate surface area is 147 Å². The predicted octanol–water partition coefficient (Wildman–Crippen LogP) is 2.07. The number of carbonyl (C=O) groups excluding carboxylic acids is 1. The van der Waals surface area contributed by atoms with Gasteiger partial charge in [0.15, 0.2) is 0 Å². The van der Waals surface area contributed by atoms with Gasteiger partial charge in [-0.05, 0) is 24.8 Å². The summed E-state index contributed by atoms with van der Waals surface area (Å²) in [6.07, 6.45) is 4.07. The van der Waals surface area contributed by atoms with Crippen LogP contribution in [-0.2, 0) is 9.53 Å². The van der Waals surface area contributed by atoms with E-state index in [1.807, 2.05) is 11.0 Å². The van der Waals surface area contributed by atoms with Crippen molar-refractivity contribution in [2.24, 2.45) is 5.92 Å². The maximum absolute atomic E-state index is 12.3. The minimum atomic E-state index is 0.242. The van der Waals surface area contributed by atoms with E-state index in [1.54, 1.807) is 12.3 Å². The molecule has 0 aliphatic carbocycles. The molecule has 2 aliphatic heterocycles. The molecule has 2 aliphatic rings. The molecule has 0 aromatic carbocycles. The van der Waals surface area contributed by atoms with Gasteiger partial charge >= 0.3 is 0 Å². The number of piperidine rings is 1. The summed E-state index contributed by atoms with van der Waals surface area (Å²) < 4.78 is 5.29. The molecule has 1 amide bonds. The topological polar surface area (TPSA) is 69.5 Å². The Balaban J connectivity index is 1.52. The summed E-state index contributed by atoms with van der Waals surface area (Å²) in [6.45, 7) is 4.38. The van der Waals surface area contributed by atoms with Crippen molar-refractivity contribution in [3.05, 3.63) is 22.8 Å². The van der Waals surface area contributed by atoms with E-state index >= 15 is 0 Å². The van der Waals surface area contributed by atoms with E-state index in [1.165, 1.54) is 0 Å². The van der Waals surface area contributed by atoms with Gasteiger partial charge in [-0.25, -0.2) is 4.98 Å². The number of nitriles is 1. The fraction of sp³-hybridized carbons (Fsp3) is 0.588. The van der Waals surface area contributed by atoms with Crippen molar-refractivity contribution in [3.63, 3.8) is 0 Å². The second-order valence-electron chi connectivity index (χ2n) is 6.27. The lowest BCUT2D eigenvalue weighted by atomic mass is 9.93. The zero-order chi connectivity index (χ0) is 16.9. The molecular weight excluding hydrogens is 328 g/mol. The third-order valence-corrected chi connectivity index (χ3v) is 4.97. The molecule has 24 heavy (non-hydrogen) atoms. The number of nitrogens with zero attached hydrogens (tertiary/aromatic N) is 4. The number of carbonyl (C=O) groups is 1. The standard InChI is InChI=1S/C17H21ClN4O2/c18-15-9-14(11-19)12-20-17(15)22-3-1-13(2-4-22)10-16(23)21-5-7-24-8-6-21/h9,12-13H,1-8,10H2. The lowest BCUT2D eigenvalue weighted by Crippen LogP contribution is -2.42. The van der Waals surface area contributed by atoms with Crippen molar-refractivity contribution >= 4 is 23.3 Å². The molecule has 1 aromatic rings. The molecule has 0 radical (unpaired) electrons. The Bertz CT molecular complexity index is 632. The summed E-state index contributed by atoms with van der Waals surface area (Å²) in [5.74, 6) is 1.38. The van der Waals surface area contributed by atoms with Crippen molar-refractivity contribution in [2.75, 3.05) is 44.3 Å². The fourth-order valence-electron chi connectivity index (χ4n) is 3.26. The Hall–Kier alpha value is -1.84. The van der Waals surface area contributed by atoms with Gasteiger partial charge < -0.3 is 14.5 Å². The Morgan fingerprint density at radius 2 is 2.04 bits per heavy atom. The molecule has 0 bridgehead atoms. The van der Waals surface area contributed by atoms with Crippen molar-refractivity contribution in [1.82, 2.24) is 9.88 Å². The smallest absolute Gasteiger partial charge is 0.223 e. The van der Waals surface area contributed by atoms with Gasteiger partial charge in [-0.1, -0.05) is 11.6 Å². The van der Waals surface area contributed by atoms with Crippen LogP contribution in [0.3, 0.4) is 0 Å². The van der Waals surface area contributed by atoms with Gasteiger partial charge in [0.2, 0.25) is 5.91 Å². The lowest BCUT2D eigenvalue weighted by molar-refractivity contribution is -0.136. The van der Waals surface area contributed by atoms with E-state index in [0.29, 0.717) is 49.2 Å². The highest BCUT2D eigenvalue weighted by atomic mass is 35.5. The zero-order valence-corrected chi connectivity index (χ0v) is 14.3. The van der Waals surface area contributed by atoms with E-state index < -0.39 is 0 Å². The SMILES string of the molecule is N#Cc1cnc(N2CCC(CC(=O)N3CCOCC3)CC2)c(Cl)c1. The number of aromatic nitrogens is 1. The van der Waals surface area contributed by atoms with Crippen molar-refractivity contribution < 1.29 is 9.53 Å². The van der Waals surface area contributed by atoms with E-state index in [0.717, 1.165) is 31.7 Å². The normalized spacial score (nSPS) is 19.2. The van der Waals surface area contributed by atoms with Crippen LogP contribution < -0.4 is 4.90 Å². The summed E-state index contributed by atoms with van der Waals surface area (Å²) in [4.78, 5) is 20.7. The molecule has 2 fully saturated rings. The van der Waals surface area contributed by atoms with Crippen LogP contribution >= 0.6 is 11.6 Å². The first-order valence-electron chi connectivity index (χ1n) is 8.33. The number of hydrogen-bond donors (Lipinski definition) is 0. The monoisotopic (exact) mass is 348 g/mol. The van der Waals surface area contributed by atoms with Crippen LogP contribution in [0.5, 0.6) is 0 Å². The molecule has 0 atom stereocenters. The first-order valence-corrected chi connectivity index (χ1v) is 8.71. The largest absolute Gasteiger partial charge is 0.378 e. The van der Waals surface area contributed by atoms with Crippen molar-refractivity contribution in [1.29, 1.82) is 5.26 Å². The molecule has 6 nitrogen and oxygen atoms in total. The fourth-order valence-corrected chi connectivity index (χ4v) is 3.55. The maximum Gasteiger partial charge on any atom is 0.223 e. The van der Waals surface area contributed by atoms with Gasteiger partial charge in [-0.15, -0.1) is 0 Å². The summed E-state index contributed by atoms with van der Waals surface area (Å²) >= 11 is 6.24. The number of hydrogen-bond acceptors (Lipinski definition) is 5. The van der Waals surface area contributed by atoms with Crippen molar-refractivity contribution in [3.8, 4) is 6.07 Å². The molecule has 0 unspecified atom stereocenters. The minimum Gasteiger partial charge on any atom is -0.378 e. The Kier molecular flexibility index (Phi) is 5.54. The third kappa shape index (κ3) is 3.97. The van der Waals surface area contributed by atoms with Crippen LogP contribution in [0.25, 0.3) is 0 Å².